The summed E-state index contributed by atoms with van der Waals surface area (Å²) in [5.74, 6) is -0.420. The van der Waals surface area contributed by atoms with Crippen LogP contribution in [0.5, 0.6) is 0 Å². The van der Waals surface area contributed by atoms with Gasteiger partial charge in [-0.2, -0.15) is 0 Å². The summed E-state index contributed by atoms with van der Waals surface area (Å²) in [5, 5.41) is 2.91. The van der Waals surface area contributed by atoms with Crippen molar-refractivity contribution in [2.24, 2.45) is 0 Å². The van der Waals surface area contributed by atoms with Crippen LogP contribution in [0.1, 0.15) is 63.5 Å². The van der Waals surface area contributed by atoms with E-state index in [4.69, 9.17) is 0 Å². The number of hydrogen-bond acceptors (Lipinski definition) is 3. The van der Waals surface area contributed by atoms with Crippen LogP contribution in [-0.2, 0) is 21.5 Å². The molecule has 0 radical (unpaired) electrons. The Morgan fingerprint density at radius 1 is 1.21 bits per heavy atom. The number of amides is 4. The maximum atomic E-state index is 13.3. The Morgan fingerprint density at radius 3 is 2.64 bits per heavy atom. The molecule has 1 atom stereocenters. The third kappa shape index (κ3) is 2.99. The van der Waals surface area contributed by atoms with Crippen LogP contribution in [0.2, 0.25) is 0 Å². The van der Waals surface area contributed by atoms with Crippen LogP contribution in [0.4, 0.5) is 4.79 Å². The summed E-state index contributed by atoms with van der Waals surface area (Å²) in [5.41, 5.74) is 0.966. The highest BCUT2D eigenvalue weighted by Crippen LogP contribution is 2.41. The lowest BCUT2D eigenvalue weighted by Crippen LogP contribution is -2.51. The molecule has 1 aromatic rings. The molecule has 2 fully saturated rings. The second kappa shape index (κ2) is 7.22. The number of carbonyl (C=O) groups excluding carboxylic acids is 3. The molecule has 28 heavy (non-hydrogen) atoms. The molecule has 1 spiro atoms. The van der Waals surface area contributed by atoms with E-state index in [0.29, 0.717) is 6.42 Å². The Labute approximate surface area is 166 Å². The number of benzene rings is 1. The zero-order chi connectivity index (χ0) is 19.9. The second-order valence-electron chi connectivity index (χ2n) is 8.57. The molecule has 0 bridgehead atoms. The summed E-state index contributed by atoms with van der Waals surface area (Å²) < 4.78 is 0. The van der Waals surface area contributed by atoms with Gasteiger partial charge >= 0.3 is 6.03 Å². The minimum Gasteiger partial charge on any atom is -0.336 e. The number of hydrogen-bond donors (Lipinski definition) is 1. The van der Waals surface area contributed by atoms with Crippen molar-refractivity contribution in [3.05, 3.63) is 35.4 Å². The van der Waals surface area contributed by atoms with Crippen LogP contribution in [0.25, 0.3) is 0 Å². The first-order chi connectivity index (χ1) is 13.4. The summed E-state index contributed by atoms with van der Waals surface area (Å²) >= 11 is 0. The van der Waals surface area contributed by atoms with Gasteiger partial charge in [-0.15, -0.1) is 0 Å². The summed E-state index contributed by atoms with van der Waals surface area (Å²) in [6.07, 6.45) is 6.78. The fraction of sp³-hybridized carbons (Fsp3) is 0.591. The summed E-state index contributed by atoms with van der Waals surface area (Å²) in [6.45, 7) is 3.84. The highest BCUT2D eigenvalue weighted by molar-refractivity contribution is 6.10. The Bertz CT molecular complexity index is 800. The first-order valence-corrected chi connectivity index (χ1v) is 10.5. The van der Waals surface area contributed by atoms with Crippen molar-refractivity contribution in [1.29, 1.82) is 0 Å². The average Bonchev–Trinajstić information content (AvgIpc) is 3.16. The molecule has 6 heteroatoms. The zero-order valence-corrected chi connectivity index (χ0v) is 16.7. The van der Waals surface area contributed by atoms with Crippen LogP contribution < -0.4 is 5.32 Å². The van der Waals surface area contributed by atoms with E-state index in [1.54, 1.807) is 0 Å². The fourth-order valence-electron chi connectivity index (χ4n) is 5.22. The third-order valence-corrected chi connectivity index (χ3v) is 6.53. The molecule has 2 aliphatic carbocycles. The topological polar surface area (TPSA) is 69.7 Å². The van der Waals surface area contributed by atoms with E-state index in [0.717, 1.165) is 48.1 Å². The van der Waals surface area contributed by atoms with E-state index < -0.39 is 11.6 Å². The Balaban J connectivity index is 1.54. The maximum absolute atomic E-state index is 13.3. The number of aryl methyl sites for hydroxylation is 1. The molecule has 0 aromatic heterocycles. The molecule has 6 nitrogen and oxygen atoms in total. The standard InChI is InChI=1S/C22H29N3O3/c1-15(2)25(17-9-4-3-5-10-17)19(26)14-24-20(27)22(23-21(24)28)13-12-16-8-6-7-11-18(16)22/h6-8,11,15,17H,3-5,9-10,12-14H2,1-2H3,(H,23,28)/t22-/m0/s1. The van der Waals surface area contributed by atoms with E-state index in [1.165, 1.54) is 6.42 Å². The maximum Gasteiger partial charge on any atom is 0.325 e. The van der Waals surface area contributed by atoms with Gasteiger partial charge in [0.05, 0.1) is 0 Å². The number of fused-ring (bicyclic) bond motifs is 2. The average molecular weight is 383 g/mol. The van der Waals surface area contributed by atoms with Crippen LogP contribution in [0, 0.1) is 0 Å². The normalized spacial score (nSPS) is 24.8. The highest BCUT2D eigenvalue weighted by Gasteiger charge is 2.55. The van der Waals surface area contributed by atoms with Gasteiger partial charge < -0.3 is 10.2 Å². The van der Waals surface area contributed by atoms with Crippen molar-refractivity contribution >= 4 is 17.8 Å². The largest absolute Gasteiger partial charge is 0.336 e. The van der Waals surface area contributed by atoms with E-state index >= 15 is 0 Å². The number of rotatable bonds is 4. The molecule has 1 aliphatic heterocycles. The molecule has 0 unspecified atom stereocenters. The van der Waals surface area contributed by atoms with E-state index in [-0.39, 0.29) is 30.4 Å². The molecule has 1 saturated heterocycles. The third-order valence-electron chi connectivity index (χ3n) is 6.53. The number of nitrogens with zero attached hydrogens (tertiary/aromatic N) is 2. The van der Waals surface area contributed by atoms with Crippen LogP contribution in [0.3, 0.4) is 0 Å². The van der Waals surface area contributed by atoms with Crippen molar-refractivity contribution in [1.82, 2.24) is 15.1 Å². The second-order valence-corrected chi connectivity index (χ2v) is 8.57. The molecular weight excluding hydrogens is 354 g/mol. The van der Waals surface area contributed by atoms with Gasteiger partial charge in [-0.1, -0.05) is 43.5 Å². The molecule has 1 aromatic carbocycles. The van der Waals surface area contributed by atoms with E-state index in [2.05, 4.69) is 5.32 Å². The summed E-state index contributed by atoms with van der Waals surface area (Å²) in [7, 11) is 0. The molecule has 150 valence electrons. The van der Waals surface area contributed by atoms with Gasteiger partial charge in [-0.3, -0.25) is 14.5 Å². The summed E-state index contributed by atoms with van der Waals surface area (Å²) in [6, 6.07) is 7.56. The van der Waals surface area contributed by atoms with Gasteiger partial charge in [0, 0.05) is 12.1 Å². The van der Waals surface area contributed by atoms with Gasteiger partial charge in [0.2, 0.25) is 5.91 Å². The lowest BCUT2D eigenvalue weighted by molar-refractivity contribution is -0.142. The lowest BCUT2D eigenvalue weighted by Gasteiger charge is -2.38. The molecule has 1 saturated carbocycles. The predicted octanol–water partition coefficient (Wildman–Crippen LogP) is 2.95. The minimum absolute atomic E-state index is 0.0533. The molecule has 3 aliphatic rings. The van der Waals surface area contributed by atoms with Crippen LogP contribution in [0.15, 0.2) is 24.3 Å². The van der Waals surface area contributed by atoms with Crippen LogP contribution in [-0.4, -0.2) is 46.3 Å². The first-order valence-electron chi connectivity index (χ1n) is 10.5. The monoisotopic (exact) mass is 383 g/mol. The number of urea groups is 1. The Morgan fingerprint density at radius 2 is 1.93 bits per heavy atom. The first kappa shape index (κ1) is 19.0. The van der Waals surface area contributed by atoms with Gasteiger partial charge in [-0.25, -0.2) is 4.79 Å². The van der Waals surface area contributed by atoms with Gasteiger partial charge in [0.1, 0.15) is 12.1 Å². The molecule has 1 N–H and O–H groups in total. The predicted molar refractivity (Wildman–Crippen MR) is 106 cm³/mol. The highest BCUT2D eigenvalue weighted by atomic mass is 16.2. The van der Waals surface area contributed by atoms with Gasteiger partial charge in [-0.05, 0) is 50.7 Å². The number of nitrogens with one attached hydrogen (secondary N) is 1. The van der Waals surface area contributed by atoms with Crippen molar-refractivity contribution < 1.29 is 14.4 Å². The molecule has 1 heterocycles. The minimum atomic E-state index is -0.999. The van der Waals surface area contributed by atoms with Crippen molar-refractivity contribution in [3.8, 4) is 0 Å². The Kier molecular flexibility index (Phi) is 4.89. The van der Waals surface area contributed by atoms with Crippen molar-refractivity contribution in [2.75, 3.05) is 6.54 Å². The molecule has 4 amide bonds. The zero-order valence-electron chi connectivity index (χ0n) is 16.7. The summed E-state index contributed by atoms with van der Waals surface area (Å²) in [4.78, 5) is 42.1. The van der Waals surface area contributed by atoms with E-state index in [1.807, 2.05) is 43.0 Å². The quantitative estimate of drug-likeness (QED) is 0.813. The van der Waals surface area contributed by atoms with Crippen LogP contribution >= 0.6 is 0 Å². The fourth-order valence-corrected chi connectivity index (χ4v) is 5.22. The lowest BCUT2D eigenvalue weighted by atomic mass is 9.91. The molecular formula is C22H29N3O3. The van der Waals surface area contributed by atoms with Crippen molar-refractivity contribution in [2.45, 2.75) is 76.4 Å². The Hall–Kier alpha value is -2.37. The van der Waals surface area contributed by atoms with Gasteiger partial charge in [0.25, 0.3) is 5.91 Å². The van der Waals surface area contributed by atoms with E-state index in [9.17, 15) is 14.4 Å². The molecule has 4 rings (SSSR count). The van der Waals surface area contributed by atoms with Gasteiger partial charge in [0.15, 0.2) is 0 Å². The SMILES string of the molecule is CC(C)N(C(=O)CN1C(=O)N[C@]2(CCc3ccccc32)C1=O)C1CCCCC1. The van der Waals surface area contributed by atoms with Crippen molar-refractivity contribution in [3.63, 3.8) is 0 Å². The number of carbonyl (C=O) groups is 3. The smallest absolute Gasteiger partial charge is 0.325 e. The number of imide groups is 1.